The van der Waals surface area contributed by atoms with Gasteiger partial charge in [-0.05, 0) is 37.6 Å². The summed E-state index contributed by atoms with van der Waals surface area (Å²) in [6.45, 7) is 2.97. The van der Waals surface area contributed by atoms with E-state index in [9.17, 15) is 8.42 Å². The zero-order valence-electron chi connectivity index (χ0n) is 9.64. The van der Waals surface area contributed by atoms with Gasteiger partial charge in [0.25, 0.3) is 0 Å². The molecule has 0 saturated carbocycles. The van der Waals surface area contributed by atoms with Gasteiger partial charge in [-0.2, -0.15) is 5.26 Å². The fourth-order valence-electron chi connectivity index (χ4n) is 1.30. The lowest BCUT2D eigenvalue weighted by Gasteiger charge is -2.12. The Morgan fingerprint density at radius 1 is 1.53 bits per heavy atom. The van der Waals surface area contributed by atoms with Crippen LogP contribution in [0.25, 0.3) is 0 Å². The first-order valence-corrected chi connectivity index (χ1v) is 6.53. The molecule has 2 N–H and O–H groups in total. The fraction of sp³-hybridized carbons (Fsp3) is 0.364. The summed E-state index contributed by atoms with van der Waals surface area (Å²) in [6.07, 6.45) is 0. The Morgan fingerprint density at radius 3 is 2.65 bits per heavy atom. The first-order valence-electron chi connectivity index (χ1n) is 5.04. The molecule has 0 saturated heterocycles. The van der Waals surface area contributed by atoms with Crippen LogP contribution in [0.3, 0.4) is 0 Å². The maximum atomic E-state index is 11.8. The second-order valence-corrected chi connectivity index (χ2v) is 5.51. The van der Waals surface area contributed by atoms with Gasteiger partial charge in [-0.1, -0.05) is 0 Å². The van der Waals surface area contributed by atoms with Gasteiger partial charge < -0.3 is 5.11 Å². The fourth-order valence-corrected chi connectivity index (χ4v) is 2.62. The molecule has 6 heteroatoms. The predicted octanol–water partition coefficient (Wildman–Crippen LogP) is 0.526. The van der Waals surface area contributed by atoms with E-state index in [1.54, 1.807) is 13.8 Å². The Bertz CT molecular complexity index is 546. The molecule has 0 spiro atoms. The zero-order valence-corrected chi connectivity index (χ0v) is 10.5. The number of aliphatic hydroxyl groups is 1. The molecule has 1 rings (SSSR count). The Kier molecular flexibility index (Phi) is 4.23. The minimum atomic E-state index is -3.64. The monoisotopic (exact) mass is 254 g/mol. The topological polar surface area (TPSA) is 90.2 Å². The van der Waals surface area contributed by atoms with E-state index in [1.165, 1.54) is 18.2 Å². The molecule has 0 radical (unpaired) electrons. The molecule has 0 aromatic heterocycles. The molecule has 0 amide bonds. The van der Waals surface area contributed by atoms with E-state index < -0.39 is 16.1 Å². The molecular weight excluding hydrogens is 240 g/mol. The molecular formula is C11H14N2O3S. The van der Waals surface area contributed by atoms with Crippen LogP contribution in [0, 0.1) is 18.3 Å². The van der Waals surface area contributed by atoms with Crippen molar-refractivity contribution in [3.63, 3.8) is 0 Å². The average Bonchev–Trinajstić information content (AvgIpc) is 2.28. The van der Waals surface area contributed by atoms with Crippen LogP contribution in [0.1, 0.15) is 18.1 Å². The van der Waals surface area contributed by atoms with Crippen LogP contribution in [0.15, 0.2) is 23.1 Å². The van der Waals surface area contributed by atoms with Gasteiger partial charge in [0, 0.05) is 6.04 Å². The van der Waals surface area contributed by atoms with Crippen molar-refractivity contribution in [3.05, 3.63) is 29.3 Å². The highest BCUT2D eigenvalue weighted by molar-refractivity contribution is 7.89. The summed E-state index contributed by atoms with van der Waals surface area (Å²) in [7, 11) is -3.64. The minimum absolute atomic E-state index is 0.0919. The van der Waals surface area contributed by atoms with E-state index >= 15 is 0 Å². The first kappa shape index (κ1) is 13.6. The van der Waals surface area contributed by atoms with Crippen LogP contribution in [0.4, 0.5) is 0 Å². The summed E-state index contributed by atoms with van der Waals surface area (Å²) in [5, 5.41) is 17.6. The van der Waals surface area contributed by atoms with E-state index in [4.69, 9.17) is 10.4 Å². The molecule has 1 aromatic rings. The molecule has 0 aliphatic carbocycles. The normalized spacial score (nSPS) is 13.1. The number of aryl methyl sites for hydroxylation is 1. The van der Waals surface area contributed by atoms with Gasteiger partial charge in [0.15, 0.2) is 0 Å². The highest BCUT2D eigenvalue weighted by atomic mass is 32.2. The van der Waals surface area contributed by atoms with Crippen molar-refractivity contribution in [1.82, 2.24) is 4.72 Å². The Labute approximate surface area is 101 Å². The lowest BCUT2D eigenvalue weighted by molar-refractivity contribution is 0.265. The van der Waals surface area contributed by atoms with Crippen LogP contribution in [0.5, 0.6) is 0 Å². The summed E-state index contributed by atoms with van der Waals surface area (Å²) >= 11 is 0. The number of hydrogen-bond acceptors (Lipinski definition) is 4. The SMILES string of the molecule is Cc1cc(S(=O)(=O)N[C@H](C)CO)ccc1C#N. The number of nitriles is 1. The first-order chi connectivity index (χ1) is 7.90. The quantitative estimate of drug-likeness (QED) is 0.820. The molecule has 92 valence electrons. The van der Waals surface area contributed by atoms with Gasteiger partial charge in [0.1, 0.15) is 0 Å². The van der Waals surface area contributed by atoms with Crippen molar-refractivity contribution in [2.45, 2.75) is 24.8 Å². The van der Waals surface area contributed by atoms with Gasteiger partial charge in [-0.15, -0.1) is 0 Å². The summed E-state index contributed by atoms with van der Waals surface area (Å²) in [4.78, 5) is 0.0919. The van der Waals surface area contributed by atoms with Crippen LogP contribution in [-0.4, -0.2) is 26.2 Å². The lowest BCUT2D eigenvalue weighted by atomic mass is 10.1. The second-order valence-electron chi connectivity index (χ2n) is 3.79. The Morgan fingerprint density at radius 2 is 2.18 bits per heavy atom. The lowest BCUT2D eigenvalue weighted by Crippen LogP contribution is -2.35. The molecule has 0 fully saturated rings. The van der Waals surface area contributed by atoms with Crippen LogP contribution >= 0.6 is 0 Å². The number of aliphatic hydroxyl groups excluding tert-OH is 1. The third kappa shape index (κ3) is 3.27. The van der Waals surface area contributed by atoms with E-state index in [0.717, 1.165) is 0 Å². The molecule has 0 heterocycles. The Hall–Kier alpha value is -1.42. The van der Waals surface area contributed by atoms with Crippen molar-refractivity contribution in [2.75, 3.05) is 6.61 Å². The van der Waals surface area contributed by atoms with Gasteiger partial charge in [-0.25, -0.2) is 13.1 Å². The number of nitrogens with zero attached hydrogens (tertiary/aromatic N) is 1. The van der Waals surface area contributed by atoms with E-state index in [1.807, 2.05) is 6.07 Å². The Balaban J connectivity index is 3.09. The summed E-state index contributed by atoms with van der Waals surface area (Å²) in [6, 6.07) is 5.70. The second kappa shape index (κ2) is 5.27. The zero-order chi connectivity index (χ0) is 13.1. The molecule has 0 aliphatic rings. The minimum Gasteiger partial charge on any atom is -0.395 e. The molecule has 1 atom stereocenters. The summed E-state index contributed by atoms with van der Waals surface area (Å²) in [5.74, 6) is 0. The maximum absolute atomic E-state index is 11.8. The number of hydrogen-bond donors (Lipinski definition) is 2. The highest BCUT2D eigenvalue weighted by Gasteiger charge is 2.17. The molecule has 0 bridgehead atoms. The van der Waals surface area contributed by atoms with Crippen molar-refractivity contribution in [1.29, 1.82) is 5.26 Å². The number of rotatable bonds is 4. The molecule has 1 aromatic carbocycles. The standard InChI is InChI=1S/C11H14N2O3S/c1-8-5-11(4-3-10(8)6-12)17(15,16)13-9(2)7-14/h3-5,9,13-14H,7H2,1-2H3/t9-/m1/s1. The number of sulfonamides is 1. The number of nitrogens with one attached hydrogen (secondary N) is 1. The average molecular weight is 254 g/mol. The van der Waals surface area contributed by atoms with Crippen molar-refractivity contribution in [2.24, 2.45) is 0 Å². The molecule has 5 nitrogen and oxygen atoms in total. The van der Waals surface area contributed by atoms with E-state index in [-0.39, 0.29) is 11.5 Å². The van der Waals surface area contributed by atoms with E-state index in [0.29, 0.717) is 11.1 Å². The largest absolute Gasteiger partial charge is 0.395 e. The van der Waals surface area contributed by atoms with Gasteiger partial charge in [0.05, 0.1) is 23.1 Å². The van der Waals surface area contributed by atoms with Crippen LogP contribution in [-0.2, 0) is 10.0 Å². The smallest absolute Gasteiger partial charge is 0.240 e. The molecule has 0 unspecified atom stereocenters. The van der Waals surface area contributed by atoms with Crippen molar-refractivity contribution < 1.29 is 13.5 Å². The molecule has 17 heavy (non-hydrogen) atoms. The number of benzene rings is 1. The summed E-state index contributed by atoms with van der Waals surface area (Å²) in [5.41, 5.74) is 1.05. The maximum Gasteiger partial charge on any atom is 0.240 e. The van der Waals surface area contributed by atoms with Crippen LogP contribution in [0.2, 0.25) is 0 Å². The summed E-state index contributed by atoms with van der Waals surface area (Å²) < 4.78 is 26.0. The molecule has 0 aliphatic heterocycles. The predicted molar refractivity (Wildman–Crippen MR) is 62.8 cm³/mol. The third-order valence-electron chi connectivity index (χ3n) is 2.26. The van der Waals surface area contributed by atoms with Gasteiger partial charge in [-0.3, -0.25) is 0 Å². The third-order valence-corrected chi connectivity index (χ3v) is 3.85. The van der Waals surface area contributed by atoms with Crippen LogP contribution < -0.4 is 4.72 Å². The van der Waals surface area contributed by atoms with E-state index in [2.05, 4.69) is 4.72 Å². The van der Waals surface area contributed by atoms with Crippen molar-refractivity contribution >= 4 is 10.0 Å². The van der Waals surface area contributed by atoms with Gasteiger partial charge in [0.2, 0.25) is 10.0 Å². The highest BCUT2D eigenvalue weighted by Crippen LogP contribution is 2.14. The van der Waals surface area contributed by atoms with Gasteiger partial charge >= 0.3 is 0 Å². The van der Waals surface area contributed by atoms with Crippen molar-refractivity contribution in [3.8, 4) is 6.07 Å².